The van der Waals surface area contributed by atoms with Crippen LogP contribution in [0.2, 0.25) is 0 Å². The Morgan fingerprint density at radius 1 is 1.00 bits per heavy atom. The van der Waals surface area contributed by atoms with Gasteiger partial charge in [0.1, 0.15) is 30.3 Å². The summed E-state index contributed by atoms with van der Waals surface area (Å²) in [4.78, 5) is 28.1. The van der Waals surface area contributed by atoms with E-state index in [-0.39, 0.29) is 42.3 Å². The number of aliphatic hydroxyl groups excluding tert-OH is 3. The van der Waals surface area contributed by atoms with Crippen molar-refractivity contribution in [3.05, 3.63) is 66.0 Å². The number of nitrogens with one attached hydrogen (secondary N) is 2. The maximum Gasteiger partial charge on any atom is 0.246 e. The number of amides is 1. The summed E-state index contributed by atoms with van der Waals surface area (Å²) < 4.78 is 1.69. The molecular formula is C30H37ClN8O6. The first-order chi connectivity index (χ1) is 21.2. The number of aromatic nitrogens is 4. The van der Waals surface area contributed by atoms with E-state index in [0.717, 1.165) is 17.5 Å². The zero-order chi connectivity index (χ0) is 31.0. The molecule has 5 atom stereocenters. The lowest BCUT2D eigenvalue weighted by molar-refractivity contribution is -0.125. The molecule has 9 N–H and O–H groups in total. The van der Waals surface area contributed by atoms with Gasteiger partial charge < -0.3 is 51.4 Å². The summed E-state index contributed by atoms with van der Waals surface area (Å²) in [5, 5.41) is 56.5. The first-order valence-corrected chi connectivity index (χ1v) is 14.5. The number of phenolic OH excluding ortho intramolecular Hbond substituents is 2. The Balaban J connectivity index is 0.00000400. The van der Waals surface area contributed by atoms with Crippen LogP contribution in [-0.4, -0.2) is 101 Å². The van der Waals surface area contributed by atoms with E-state index >= 15 is 0 Å². The predicted molar refractivity (Wildman–Crippen MR) is 169 cm³/mol. The molecule has 2 aromatic carbocycles. The highest BCUT2D eigenvalue weighted by molar-refractivity contribution is 5.85. The fourth-order valence-corrected chi connectivity index (χ4v) is 6.10. The van der Waals surface area contributed by atoms with Crippen LogP contribution >= 0.6 is 12.4 Å². The number of benzene rings is 2. The predicted octanol–water partition coefficient (Wildman–Crippen LogP) is 0.584. The van der Waals surface area contributed by atoms with Crippen LogP contribution in [0.5, 0.6) is 11.5 Å². The van der Waals surface area contributed by atoms with E-state index in [1.807, 2.05) is 29.2 Å². The van der Waals surface area contributed by atoms with E-state index in [1.54, 1.807) is 28.8 Å². The van der Waals surface area contributed by atoms with Crippen molar-refractivity contribution < 1.29 is 30.3 Å². The molecule has 15 heteroatoms. The summed E-state index contributed by atoms with van der Waals surface area (Å²) in [6.45, 7) is 0.900. The van der Waals surface area contributed by atoms with Gasteiger partial charge in [-0.15, -0.1) is 12.4 Å². The molecule has 0 unspecified atom stereocenters. The molecule has 45 heavy (non-hydrogen) atoms. The topological polar surface area (TPSA) is 215 Å². The number of nitrogens with zero attached hydrogens (tertiary/aromatic N) is 5. The van der Waals surface area contributed by atoms with Crippen LogP contribution < -0.4 is 21.3 Å². The smallest absolute Gasteiger partial charge is 0.246 e. The highest BCUT2D eigenvalue weighted by atomic mass is 35.5. The van der Waals surface area contributed by atoms with Gasteiger partial charge in [0, 0.05) is 31.6 Å². The van der Waals surface area contributed by atoms with Crippen LogP contribution in [-0.2, 0) is 4.79 Å². The molecular weight excluding hydrogens is 604 g/mol. The van der Waals surface area contributed by atoms with Crippen molar-refractivity contribution in [1.29, 1.82) is 0 Å². The number of anilines is 2. The Labute approximate surface area is 265 Å². The van der Waals surface area contributed by atoms with Gasteiger partial charge in [-0.25, -0.2) is 4.98 Å². The average molecular weight is 641 g/mol. The first kappa shape index (κ1) is 32.2. The number of phenols is 2. The molecule has 4 aromatic rings. The largest absolute Gasteiger partial charge is 0.508 e. The van der Waals surface area contributed by atoms with Crippen molar-refractivity contribution in [3.8, 4) is 11.5 Å². The van der Waals surface area contributed by atoms with Gasteiger partial charge in [-0.1, -0.05) is 24.3 Å². The van der Waals surface area contributed by atoms with Crippen LogP contribution in [0, 0.1) is 0 Å². The van der Waals surface area contributed by atoms with E-state index in [1.165, 1.54) is 6.33 Å². The molecule has 240 valence electrons. The Kier molecular flexibility index (Phi) is 9.60. The second kappa shape index (κ2) is 13.4. The minimum Gasteiger partial charge on any atom is -0.508 e. The molecule has 1 amide bonds. The second-order valence-electron chi connectivity index (χ2n) is 11.4. The zero-order valence-electron chi connectivity index (χ0n) is 24.3. The van der Waals surface area contributed by atoms with Crippen LogP contribution in [0.25, 0.3) is 11.2 Å². The van der Waals surface area contributed by atoms with Crippen LogP contribution in [0.15, 0.2) is 54.9 Å². The van der Waals surface area contributed by atoms with Crippen molar-refractivity contribution >= 4 is 41.2 Å². The minimum atomic E-state index is -1.25. The second-order valence-corrected chi connectivity index (χ2v) is 11.4. The number of fused-ring (bicyclic) bond motifs is 1. The van der Waals surface area contributed by atoms with E-state index in [4.69, 9.17) is 20.8 Å². The van der Waals surface area contributed by atoms with Gasteiger partial charge in [-0.2, -0.15) is 9.97 Å². The van der Waals surface area contributed by atoms with E-state index < -0.39 is 36.8 Å². The molecule has 3 heterocycles. The molecule has 0 bridgehead atoms. The third-order valence-corrected chi connectivity index (χ3v) is 8.48. The number of carbonyl (C=O) groups excluding carboxylic acids is 1. The van der Waals surface area contributed by atoms with Gasteiger partial charge in [-0.05, 0) is 48.2 Å². The van der Waals surface area contributed by atoms with Gasteiger partial charge in [-0.3, -0.25) is 4.79 Å². The molecule has 2 aromatic heterocycles. The Hall–Kier alpha value is -4.21. The molecule has 0 spiro atoms. The third-order valence-electron chi connectivity index (χ3n) is 8.48. The lowest BCUT2D eigenvalue weighted by Crippen LogP contribution is -2.44. The molecule has 2 fully saturated rings. The summed E-state index contributed by atoms with van der Waals surface area (Å²) in [6, 6.07) is 12.4. The van der Waals surface area contributed by atoms with Gasteiger partial charge in [0.05, 0.1) is 18.4 Å². The SMILES string of the molecule is Cl.N[C@@H]1CCN(c2nc(NCC(c3ccc(O)cc3)c3ccc(O)cc3)c3ncn([C@@H]4C[C@H](NC(=O)CO)[C@@H](O)[C@H]4O)c3n2)C1. The standard InChI is InChI=1S/C30H36N8O6.ClH/c31-18-9-10-37(13-18)30-35-28(32-12-21(16-1-5-19(40)6-2-16)17-3-7-20(41)8-4-17)25-29(36-30)38(15-33-25)23-11-22(26(43)27(23)44)34-24(42)14-39;/h1-8,15,18,21-23,26-27,39-41,43-44H,9-14,31H2,(H,34,42)(H,32,35,36);1H/t18-,22+,23-,26-,27+;/m1./s1. The van der Waals surface area contributed by atoms with Crippen molar-refractivity contribution in [2.75, 3.05) is 36.5 Å². The third kappa shape index (κ3) is 6.60. The molecule has 1 aliphatic heterocycles. The fourth-order valence-electron chi connectivity index (χ4n) is 6.10. The summed E-state index contributed by atoms with van der Waals surface area (Å²) in [5.41, 5.74) is 8.95. The molecule has 6 rings (SSSR count). The number of aromatic hydroxyl groups is 2. The first-order valence-electron chi connectivity index (χ1n) is 14.5. The van der Waals surface area contributed by atoms with Crippen molar-refractivity contribution in [2.24, 2.45) is 5.73 Å². The van der Waals surface area contributed by atoms with Crippen LogP contribution in [0.4, 0.5) is 11.8 Å². The number of hydrogen-bond donors (Lipinski definition) is 8. The zero-order valence-corrected chi connectivity index (χ0v) is 25.1. The number of halogens is 1. The lowest BCUT2D eigenvalue weighted by Gasteiger charge is -2.22. The molecule has 0 radical (unpaired) electrons. The van der Waals surface area contributed by atoms with E-state index in [9.17, 15) is 25.2 Å². The summed E-state index contributed by atoms with van der Waals surface area (Å²) in [5.74, 6) is 0.383. The summed E-state index contributed by atoms with van der Waals surface area (Å²) >= 11 is 0. The molecule has 1 saturated carbocycles. The monoisotopic (exact) mass is 640 g/mol. The molecule has 1 aliphatic carbocycles. The van der Waals surface area contributed by atoms with Crippen molar-refractivity contribution in [2.45, 2.75) is 49.1 Å². The molecule has 14 nitrogen and oxygen atoms in total. The average Bonchev–Trinajstić information content (AvgIpc) is 3.72. The summed E-state index contributed by atoms with van der Waals surface area (Å²) in [7, 11) is 0. The van der Waals surface area contributed by atoms with Gasteiger partial charge >= 0.3 is 0 Å². The minimum absolute atomic E-state index is 0. The number of carbonyl (C=O) groups is 1. The highest BCUT2D eigenvalue weighted by Crippen LogP contribution is 2.35. The van der Waals surface area contributed by atoms with Crippen molar-refractivity contribution in [3.63, 3.8) is 0 Å². The quantitative estimate of drug-likeness (QED) is 0.126. The Morgan fingerprint density at radius 2 is 1.64 bits per heavy atom. The number of nitrogens with two attached hydrogens (primary N) is 1. The number of hydrogen-bond acceptors (Lipinski definition) is 12. The van der Waals surface area contributed by atoms with Gasteiger partial charge in [0.2, 0.25) is 11.9 Å². The fraction of sp³-hybridized carbons (Fsp3) is 0.400. The number of aliphatic hydroxyl groups is 3. The molecule has 2 aliphatic rings. The Morgan fingerprint density at radius 3 is 2.22 bits per heavy atom. The summed E-state index contributed by atoms with van der Waals surface area (Å²) in [6.07, 6.45) is 0.0465. The van der Waals surface area contributed by atoms with Gasteiger partial charge in [0.15, 0.2) is 17.0 Å². The maximum absolute atomic E-state index is 11.8. The van der Waals surface area contributed by atoms with Crippen molar-refractivity contribution in [1.82, 2.24) is 24.8 Å². The molecule has 1 saturated heterocycles. The normalized spacial score (nSPS) is 23.0. The van der Waals surface area contributed by atoms with E-state index in [0.29, 0.717) is 42.6 Å². The highest BCUT2D eigenvalue weighted by Gasteiger charge is 2.44. The number of imidazole rings is 1. The maximum atomic E-state index is 11.8. The van der Waals surface area contributed by atoms with Crippen LogP contribution in [0.3, 0.4) is 0 Å². The van der Waals surface area contributed by atoms with E-state index in [2.05, 4.69) is 15.6 Å². The van der Waals surface area contributed by atoms with Crippen LogP contribution in [0.1, 0.15) is 35.9 Å². The van der Waals surface area contributed by atoms with Gasteiger partial charge in [0.25, 0.3) is 0 Å². The lowest BCUT2D eigenvalue weighted by atomic mass is 9.91. The Bertz CT molecular complexity index is 1580. The number of rotatable bonds is 9.